The van der Waals surface area contributed by atoms with E-state index in [4.69, 9.17) is 9.15 Å². The molecular weight excluding hydrogens is 341 g/mol. The highest BCUT2D eigenvalue weighted by Gasteiger charge is 2.30. The SMILES string of the molecule is Cc1cc(C(=O)NNC(=O)COc2ccc(C(F)(F)F)cc2)c(C)o1. The molecule has 0 unspecified atom stereocenters. The maximum Gasteiger partial charge on any atom is 0.416 e. The van der Waals surface area contributed by atoms with Gasteiger partial charge in [-0.3, -0.25) is 20.4 Å². The summed E-state index contributed by atoms with van der Waals surface area (Å²) in [5, 5.41) is 0. The first-order valence-corrected chi connectivity index (χ1v) is 7.13. The summed E-state index contributed by atoms with van der Waals surface area (Å²) in [5.74, 6) is -0.177. The lowest BCUT2D eigenvalue weighted by atomic mass is 10.2. The lowest BCUT2D eigenvalue weighted by Crippen LogP contribution is -2.43. The Morgan fingerprint density at radius 2 is 1.76 bits per heavy atom. The Bertz CT molecular complexity index is 767. The van der Waals surface area contributed by atoms with Crippen molar-refractivity contribution in [3.63, 3.8) is 0 Å². The molecule has 1 aromatic heterocycles. The summed E-state index contributed by atoms with van der Waals surface area (Å²) in [4.78, 5) is 23.5. The Hall–Kier alpha value is -2.97. The monoisotopic (exact) mass is 356 g/mol. The number of hydrogen-bond acceptors (Lipinski definition) is 4. The molecule has 2 aromatic rings. The smallest absolute Gasteiger partial charge is 0.416 e. The van der Waals surface area contributed by atoms with Gasteiger partial charge in [0.05, 0.1) is 11.1 Å². The second kappa shape index (κ2) is 7.29. The zero-order valence-electron chi connectivity index (χ0n) is 13.4. The van der Waals surface area contributed by atoms with Gasteiger partial charge >= 0.3 is 6.18 Å². The molecule has 9 heteroatoms. The van der Waals surface area contributed by atoms with E-state index >= 15 is 0 Å². The van der Waals surface area contributed by atoms with Crippen LogP contribution in [0.25, 0.3) is 0 Å². The van der Waals surface area contributed by atoms with Crippen molar-refractivity contribution in [2.24, 2.45) is 0 Å². The van der Waals surface area contributed by atoms with Gasteiger partial charge < -0.3 is 9.15 Å². The number of hydrogen-bond donors (Lipinski definition) is 2. The van der Waals surface area contributed by atoms with Crippen molar-refractivity contribution in [2.45, 2.75) is 20.0 Å². The molecule has 0 aliphatic heterocycles. The molecule has 0 atom stereocenters. The summed E-state index contributed by atoms with van der Waals surface area (Å²) in [6, 6.07) is 5.42. The highest BCUT2D eigenvalue weighted by molar-refractivity contribution is 5.96. The van der Waals surface area contributed by atoms with Crippen LogP contribution in [0.4, 0.5) is 13.2 Å². The van der Waals surface area contributed by atoms with Crippen LogP contribution < -0.4 is 15.6 Å². The summed E-state index contributed by atoms with van der Waals surface area (Å²) in [7, 11) is 0. The zero-order chi connectivity index (χ0) is 18.6. The number of aryl methyl sites for hydroxylation is 2. The minimum atomic E-state index is -4.44. The molecule has 2 N–H and O–H groups in total. The third-order valence-corrected chi connectivity index (χ3v) is 3.15. The summed E-state index contributed by atoms with van der Waals surface area (Å²) in [5.41, 5.74) is 3.79. The van der Waals surface area contributed by atoms with E-state index in [2.05, 4.69) is 10.9 Å². The van der Waals surface area contributed by atoms with E-state index in [0.717, 1.165) is 24.3 Å². The van der Waals surface area contributed by atoms with Crippen molar-refractivity contribution in [1.82, 2.24) is 10.9 Å². The predicted molar refractivity (Wildman–Crippen MR) is 80.7 cm³/mol. The van der Waals surface area contributed by atoms with Crippen LogP contribution in [-0.2, 0) is 11.0 Å². The number of hydrazine groups is 1. The fourth-order valence-electron chi connectivity index (χ4n) is 1.98. The van der Waals surface area contributed by atoms with Crippen molar-refractivity contribution in [3.8, 4) is 5.75 Å². The van der Waals surface area contributed by atoms with Gasteiger partial charge in [0.2, 0.25) is 0 Å². The third kappa shape index (κ3) is 5.00. The van der Waals surface area contributed by atoms with Gasteiger partial charge in [-0.15, -0.1) is 0 Å². The van der Waals surface area contributed by atoms with Crippen molar-refractivity contribution in [1.29, 1.82) is 0 Å². The van der Waals surface area contributed by atoms with Crippen molar-refractivity contribution < 1.29 is 31.9 Å². The summed E-state index contributed by atoms with van der Waals surface area (Å²) in [6.45, 7) is 2.81. The molecular formula is C16H15F3N2O4. The van der Waals surface area contributed by atoms with Gasteiger partial charge in [-0.05, 0) is 44.2 Å². The normalized spacial score (nSPS) is 11.1. The molecule has 0 saturated carbocycles. The van der Waals surface area contributed by atoms with E-state index in [1.54, 1.807) is 13.8 Å². The van der Waals surface area contributed by atoms with Crippen LogP contribution in [0.2, 0.25) is 0 Å². The number of carbonyl (C=O) groups is 2. The second-order valence-electron chi connectivity index (χ2n) is 5.14. The number of carbonyl (C=O) groups excluding carboxylic acids is 2. The van der Waals surface area contributed by atoms with E-state index in [0.29, 0.717) is 11.5 Å². The molecule has 6 nitrogen and oxygen atoms in total. The van der Waals surface area contributed by atoms with Crippen molar-refractivity contribution in [2.75, 3.05) is 6.61 Å². The van der Waals surface area contributed by atoms with Crippen molar-refractivity contribution >= 4 is 11.8 Å². The number of furan rings is 1. The molecule has 1 aromatic carbocycles. The minimum Gasteiger partial charge on any atom is -0.484 e. The maximum atomic E-state index is 12.4. The molecule has 0 bridgehead atoms. The highest BCUT2D eigenvalue weighted by Crippen LogP contribution is 2.30. The third-order valence-electron chi connectivity index (χ3n) is 3.15. The van der Waals surface area contributed by atoms with Crippen LogP contribution in [0.5, 0.6) is 5.75 Å². The van der Waals surface area contributed by atoms with Crippen LogP contribution in [0.1, 0.15) is 27.4 Å². The van der Waals surface area contributed by atoms with Gasteiger partial charge in [0, 0.05) is 0 Å². The molecule has 0 spiro atoms. The Morgan fingerprint density at radius 3 is 2.28 bits per heavy atom. The molecule has 1 heterocycles. The van der Waals surface area contributed by atoms with E-state index in [1.165, 1.54) is 6.07 Å². The van der Waals surface area contributed by atoms with E-state index in [9.17, 15) is 22.8 Å². The molecule has 134 valence electrons. The molecule has 25 heavy (non-hydrogen) atoms. The van der Waals surface area contributed by atoms with Gasteiger partial charge in [0.15, 0.2) is 6.61 Å². The van der Waals surface area contributed by atoms with Gasteiger partial charge in [0.1, 0.15) is 17.3 Å². The summed E-state index contributed by atoms with van der Waals surface area (Å²) < 4.78 is 47.5. The molecule has 2 amide bonds. The molecule has 0 aliphatic carbocycles. The Balaban J connectivity index is 1.81. The highest BCUT2D eigenvalue weighted by atomic mass is 19.4. The van der Waals surface area contributed by atoms with Crippen LogP contribution in [-0.4, -0.2) is 18.4 Å². The Morgan fingerprint density at radius 1 is 1.12 bits per heavy atom. The average Bonchev–Trinajstić information content (AvgIpc) is 2.88. The summed E-state index contributed by atoms with van der Waals surface area (Å²) in [6.07, 6.45) is -4.44. The first kappa shape index (κ1) is 18.4. The van der Waals surface area contributed by atoms with Gasteiger partial charge in [-0.2, -0.15) is 13.2 Å². The van der Waals surface area contributed by atoms with Crippen LogP contribution in [0.15, 0.2) is 34.7 Å². The molecule has 0 aliphatic rings. The average molecular weight is 356 g/mol. The fraction of sp³-hybridized carbons (Fsp3) is 0.250. The van der Waals surface area contributed by atoms with E-state index in [1.807, 2.05) is 0 Å². The fourth-order valence-corrected chi connectivity index (χ4v) is 1.98. The Labute approximate surface area is 140 Å². The Kier molecular flexibility index (Phi) is 5.35. The number of halogens is 3. The molecule has 0 radical (unpaired) electrons. The minimum absolute atomic E-state index is 0.0933. The second-order valence-corrected chi connectivity index (χ2v) is 5.14. The van der Waals surface area contributed by atoms with Crippen LogP contribution >= 0.6 is 0 Å². The predicted octanol–water partition coefficient (Wildman–Crippen LogP) is 2.76. The van der Waals surface area contributed by atoms with Crippen molar-refractivity contribution in [3.05, 3.63) is 53.0 Å². The standard InChI is InChI=1S/C16H15F3N2O4/c1-9-7-13(10(2)25-9)15(23)21-20-14(22)8-24-12-5-3-11(4-6-12)16(17,18)19/h3-7H,8H2,1-2H3,(H,20,22)(H,21,23). The number of ether oxygens (including phenoxy) is 1. The first-order chi connectivity index (χ1) is 11.7. The van der Waals surface area contributed by atoms with Crippen LogP contribution in [0.3, 0.4) is 0 Å². The zero-order valence-corrected chi connectivity index (χ0v) is 13.4. The van der Waals surface area contributed by atoms with Gasteiger partial charge in [-0.1, -0.05) is 0 Å². The molecule has 0 fully saturated rings. The lowest BCUT2D eigenvalue weighted by Gasteiger charge is -2.10. The number of benzene rings is 1. The number of nitrogens with one attached hydrogen (secondary N) is 2. The largest absolute Gasteiger partial charge is 0.484 e. The van der Waals surface area contributed by atoms with E-state index < -0.39 is 30.2 Å². The number of rotatable bonds is 4. The number of alkyl halides is 3. The van der Waals surface area contributed by atoms with Crippen LogP contribution in [0, 0.1) is 13.8 Å². The summed E-state index contributed by atoms with van der Waals surface area (Å²) >= 11 is 0. The van der Waals surface area contributed by atoms with Gasteiger partial charge in [0.25, 0.3) is 11.8 Å². The molecule has 0 saturated heterocycles. The topological polar surface area (TPSA) is 80.6 Å². The number of amides is 2. The quantitative estimate of drug-likeness (QED) is 0.826. The van der Waals surface area contributed by atoms with E-state index in [-0.39, 0.29) is 11.3 Å². The lowest BCUT2D eigenvalue weighted by molar-refractivity contribution is -0.137. The first-order valence-electron chi connectivity index (χ1n) is 7.13. The van der Waals surface area contributed by atoms with Gasteiger partial charge in [-0.25, -0.2) is 0 Å². The maximum absolute atomic E-state index is 12.4. The molecule has 2 rings (SSSR count).